The van der Waals surface area contributed by atoms with Crippen LogP contribution < -0.4 is 5.32 Å². The highest BCUT2D eigenvalue weighted by molar-refractivity contribution is 6.30. The monoisotopic (exact) mass is 199 g/mol. The molecule has 0 spiro atoms. The van der Waals surface area contributed by atoms with Crippen LogP contribution in [0.1, 0.15) is 12.0 Å². The molecule has 0 amide bonds. The van der Waals surface area contributed by atoms with Crippen LogP contribution in [-0.2, 0) is 6.42 Å². The molecule has 0 fully saturated rings. The first kappa shape index (κ1) is 8.82. The minimum absolute atomic E-state index is 0.411. The van der Waals surface area contributed by atoms with E-state index < -0.39 is 6.17 Å². The SMILES string of the molecule is FC1CCc2cc(Cl)ccc2NC1. The predicted molar refractivity (Wildman–Crippen MR) is 53.2 cm³/mol. The van der Waals surface area contributed by atoms with Gasteiger partial charge >= 0.3 is 0 Å². The summed E-state index contributed by atoms with van der Waals surface area (Å²) in [6.45, 7) is 0.411. The van der Waals surface area contributed by atoms with Crippen molar-refractivity contribution < 1.29 is 4.39 Å². The molecule has 0 bridgehead atoms. The van der Waals surface area contributed by atoms with Crippen molar-refractivity contribution in [1.82, 2.24) is 0 Å². The number of halogens is 2. The van der Waals surface area contributed by atoms with Crippen LogP contribution in [0.4, 0.5) is 10.1 Å². The van der Waals surface area contributed by atoms with Crippen molar-refractivity contribution in [2.45, 2.75) is 19.0 Å². The molecule has 2 rings (SSSR count). The van der Waals surface area contributed by atoms with Crippen molar-refractivity contribution in [1.29, 1.82) is 0 Å². The van der Waals surface area contributed by atoms with Crippen LogP contribution in [0.3, 0.4) is 0 Å². The highest BCUT2D eigenvalue weighted by atomic mass is 35.5. The maximum absolute atomic E-state index is 13.0. The molecular weight excluding hydrogens is 189 g/mol. The first-order valence-corrected chi connectivity index (χ1v) is 4.80. The first-order valence-electron chi connectivity index (χ1n) is 4.42. The Bertz CT molecular complexity index is 314. The summed E-state index contributed by atoms with van der Waals surface area (Å²) in [4.78, 5) is 0. The third-order valence-electron chi connectivity index (χ3n) is 2.31. The van der Waals surface area contributed by atoms with E-state index >= 15 is 0 Å². The van der Waals surface area contributed by atoms with Crippen LogP contribution in [0.2, 0.25) is 5.02 Å². The maximum atomic E-state index is 13.0. The normalized spacial score (nSPS) is 21.5. The molecule has 70 valence electrons. The Morgan fingerprint density at radius 2 is 2.31 bits per heavy atom. The molecule has 3 heteroatoms. The number of aryl methyl sites for hydroxylation is 1. The Balaban J connectivity index is 2.30. The molecule has 1 aliphatic rings. The van der Waals surface area contributed by atoms with Crippen molar-refractivity contribution in [2.75, 3.05) is 11.9 Å². The van der Waals surface area contributed by atoms with Crippen molar-refractivity contribution in [3.05, 3.63) is 28.8 Å². The van der Waals surface area contributed by atoms with Crippen molar-refractivity contribution >= 4 is 17.3 Å². The number of hydrogen-bond donors (Lipinski definition) is 1. The molecule has 1 aromatic carbocycles. The zero-order valence-corrected chi connectivity index (χ0v) is 7.94. The molecule has 1 atom stereocenters. The minimum Gasteiger partial charge on any atom is -0.382 e. The van der Waals surface area contributed by atoms with Gasteiger partial charge in [-0.05, 0) is 36.6 Å². The van der Waals surface area contributed by atoms with E-state index in [9.17, 15) is 4.39 Å². The molecular formula is C10H11ClFN. The van der Waals surface area contributed by atoms with Gasteiger partial charge in [0, 0.05) is 17.3 Å². The van der Waals surface area contributed by atoms with E-state index in [-0.39, 0.29) is 0 Å². The van der Waals surface area contributed by atoms with E-state index in [4.69, 9.17) is 11.6 Å². The summed E-state index contributed by atoms with van der Waals surface area (Å²) in [5, 5.41) is 3.79. The molecule has 0 aromatic heterocycles. The standard InChI is InChI=1S/C10H11ClFN/c11-8-2-4-10-7(5-8)1-3-9(12)6-13-10/h2,4-5,9,13H,1,3,6H2. The van der Waals surface area contributed by atoms with Gasteiger partial charge in [0.2, 0.25) is 0 Å². The second-order valence-corrected chi connectivity index (χ2v) is 3.75. The van der Waals surface area contributed by atoms with Gasteiger partial charge in [-0.25, -0.2) is 4.39 Å². The van der Waals surface area contributed by atoms with Crippen molar-refractivity contribution in [3.63, 3.8) is 0 Å². The fourth-order valence-electron chi connectivity index (χ4n) is 1.58. The van der Waals surface area contributed by atoms with E-state index in [1.54, 1.807) is 0 Å². The highest BCUT2D eigenvalue weighted by Gasteiger charge is 2.14. The minimum atomic E-state index is -0.744. The zero-order valence-electron chi connectivity index (χ0n) is 7.19. The van der Waals surface area contributed by atoms with Crippen LogP contribution in [-0.4, -0.2) is 12.7 Å². The first-order chi connectivity index (χ1) is 6.25. The van der Waals surface area contributed by atoms with Gasteiger partial charge in [-0.2, -0.15) is 0 Å². The molecule has 1 N–H and O–H groups in total. The molecule has 0 aliphatic carbocycles. The Labute approximate surface area is 81.9 Å². The quantitative estimate of drug-likeness (QED) is 0.677. The molecule has 1 aliphatic heterocycles. The third-order valence-corrected chi connectivity index (χ3v) is 2.54. The van der Waals surface area contributed by atoms with Crippen molar-refractivity contribution in [2.24, 2.45) is 0 Å². The molecule has 1 aromatic rings. The lowest BCUT2D eigenvalue weighted by atomic mass is 10.1. The van der Waals surface area contributed by atoms with Crippen LogP contribution in [0.15, 0.2) is 18.2 Å². The summed E-state index contributed by atoms with van der Waals surface area (Å²) in [5.74, 6) is 0. The van der Waals surface area contributed by atoms with Crippen LogP contribution in [0.5, 0.6) is 0 Å². The summed E-state index contributed by atoms with van der Waals surface area (Å²) in [6, 6.07) is 5.64. The smallest absolute Gasteiger partial charge is 0.118 e. The van der Waals surface area contributed by atoms with E-state index in [1.807, 2.05) is 18.2 Å². The number of hydrogen-bond acceptors (Lipinski definition) is 1. The average molecular weight is 200 g/mol. The molecule has 0 saturated heterocycles. The fraction of sp³-hybridized carbons (Fsp3) is 0.400. The fourth-order valence-corrected chi connectivity index (χ4v) is 1.77. The van der Waals surface area contributed by atoms with Crippen LogP contribution >= 0.6 is 11.6 Å². The number of rotatable bonds is 0. The summed E-state index contributed by atoms with van der Waals surface area (Å²) in [6.07, 6.45) is 0.607. The van der Waals surface area contributed by atoms with Gasteiger partial charge in [0.15, 0.2) is 0 Å². The van der Waals surface area contributed by atoms with Crippen LogP contribution in [0.25, 0.3) is 0 Å². The summed E-state index contributed by atoms with van der Waals surface area (Å²) in [5.41, 5.74) is 2.14. The lowest BCUT2D eigenvalue weighted by molar-refractivity contribution is 0.333. The average Bonchev–Trinajstić information content (AvgIpc) is 2.29. The molecule has 0 saturated carbocycles. The zero-order chi connectivity index (χ0) is 9.26. The second-order valence-electron chi connectivity index (χ2n) is 3.32. The van der Waals surface area contributed by atoms with E-state index in [0.29, 0.717) is 13.0 Å². The number of benzene rings is 1. The molecule has 1 nitrogen and oxygen atoms in total. The van der Waals surface area contributed by atoms with Gasteiger partial charge in [0.25, 0.3) is 0 Å². The van der Waals surface area contributed by atoms with Gasteiger partial charge in [0.05, 0.1) is 0 Å². The Morgan fingerprint density at radius 3 is 3.15 bits per heavy atom. The third kappa shape index (κ3) is 1.94. The number of alkyl halides is 1. The van der Waals surface area contributed by atoms with Gasteiger partial charge in [0.1, 0.15) is 6.17 Å². The van der Waals surface area contributed by atoms with Gasteiger partial charge in [-0.3, -0.25) is 0 Å². The lowest BCUT2D eigenvalue weighted by Crippen LogP contribution is -2.12. The highest BCUT2D eigenvalue weighted by Crippen LogP contribution is 2.25. The summed E-state index contributed by atoms with van der Waals surface area (Å²) >= 11 is 5.84. The summed E-state index contributed by atoms with van der Waals surface area (Å²) < 4.78 is 13.0. The Kier molecular flexibility index (Phi) is 2.40. The predicted octanol–water partition coefficient (Wildman–Crippen LogP) is 3.04. The largest absolute Gasteiger partial charge is 0.382 e. The molecule has 0 radical (unpaired) electrons. The van der Waals surface area contributed by atoms with Gasteiger partial charge in [-0.1, -0.05) is 11.6 Å². The molecule has 1 heterocycles. The number of anilines is 1. The lowest BCUT2D eigenvalue weighted by Gasteiger charge is -2.06. The van der Waals surface area contributed by atoms with E-state index in [2.05, 4.69) is 5.32 Å². The topological polar surface area (TPSA) is 12.0 Å². The maximum Gasteiger partial charge on any atom is 0.118 e. The van der Waals surface area contributed by atoms with Crippen molar-refractivity contribution in [3.8, 4) is 0 Å². The van der Waals surface area contributed by atoms with E-state index in [0.717, 1.165) is 22.7 Å². The van der Waals surface area contributed by atoms with Crippen LogP contribution in [0, 0.1) is 0 Å². The molecule has 13 heavy (non-hydrogen) atoms. The summed E-state index contributed by atoms with van der Waals surface area (Å²) in [7, 11) is 0. The Hall–Kier alpha value is -0.760. The van der Waals surface area contributed by atoms with E-state index in [1.165, 1.54) is 0 Å². The van der Waals surface area contributed by atoms with Gasteiger partial charge in [-0.15, -0.1) is 0 Å². The number of fused-ring (bicyclic) bond motifs is 1. The molecule has 1 unspecified atom stereocenters. The number of nitrogens with one attached hydrogen (secondary N) is 1. The Morgan fingerprint density at radius 1 is 1.46 bits per heavy atom. The second kappa shape index (κ2) is 3.54. The van der Waals surface area contributed by atoms with Gasteiger partial charge < -0.3 is 5.32 Å².